The van der Waals surface area contributed by atoms with E-state index in [4.69, 9.17) is 10.5 Å². The summed E-state index contributed by atoms with van der Waals surface area (Å²) in [6.45, 7) is 5.12. The van der Waals surface area contributed by atoms with E-state index in [9.17, 15) is 4.79 Å². The molecule has 1 heterocycles. The number of carbonyl (C=O) groups excluding carboxylic acids is 1. The van der Waals surface area contributed by atoms with Gasteiger partial charge in [0.2, 0.25) is 0 Å². The molecule has 0 saturated carbocycles. The van der Waals surface area contributed by atoms with Crippen molar-refractivity contribution in [1.29, 1.82) is 0 Å². The van der Waals surface area contributed by atoms with E-state index in [2.05, 4.69) is 40.8 Å². The van der Waals surface area contributed by atoms with E-state index in [-0.39, 0.29) is 11.5 Å². The molecule has 7 nitrogen and oxygen atoms in total. The lowest BCUT2D eigenvalue weighted by molar-refractivity contribution is -0.132. The molecule has 0 fully saturated rings. The van der Waals surface area contributed by atoms with E-state index in [1.165, 1.54) is 0 Å². The van der Waals surface area contributed by atoms with Crippen LogP contribution in [-0.2, 0) is 9.63 Å². The number of amidine groups is 1. The van der Waals surface area contributed by atoms with Crippen molar-refractivity contribution >= 4 is 54.0 Å². The third-order valence-corrected chi connectivity index (χ3v) is 5.74. The number of halogens is 1. The maximum atomic E-state index is 10.4. The molecule has 1 aromatic carbocycles. The van der Waals surface area contributed by atoms with Crippen molar-refractivity contribution in [3.05, 3.63) is 18.2 Å². The smallest absolute Gasteiger partial charge is 0.320 e. The van der Waals surface area contributed by atoms with Crippen LogP contribution in [0.15, 0.2) is 23.2 Å². The van der Waals surface area contributed by atoms with Gasteiger partial charge in [0.15, 0.2) is 0 Å². The Labute approximate surface area is 158 Å². The Morgan fingerprint density at radius 2 is 2.42 bits per heavy atom. The number of fused-ring (bicyclic) bond motifs is 1. The van der Waals surface area contributed by atoms with Gasteiger partial charge in [-0.25, -0.2) is 5.48 Å². The number of nitrogens with zero attached hydrogens (tertiary/aromatic N) is 2. The van der Waals surface area contributed by atoms with Gasteiger partial charge in [-0.1, -0.05) is 13.8 Å². The van der Waals surface area contributed by atoms with Gasteiger partial charge in [0.05, 0.1) is 12.2 Å². The van der Waals surface area contributed by atoms with Crippen LogP contribution < -0.4 is 20.3 Å². The first kappa shape index (κ1) is 19.0. The Bertz CT molecular complexity index is 627. The number of anilines is 2. The number of rotatable bonds is 6. The largest absolute Gasteiger partial charge is 0.486 e. The fourth-order valence-corrected chi connectivity index (χ4v) is 4.29. The molecule has 1 unspecified atom stereocenters. The highest BCUT2D eigenvalue weighted by molar-refractivity contribution is 14.2. The summed E-state index contributed by atoms with van der Waals surface area (Å²) in [6, 6.07) is 5.65. The van der Waals surface area contributed by atoms with Crippen molar-refractivity contribution in [3.8, 4) is 5.75 Å². The van der Waals surface area contributed by atoms with Crippen LogP contribution in [0.3, 0.4) is 0 Å². The summed E-state index contributed by atoms with van der Waals surface area (Å²) in [7, 11) is 3.26. The quantitative estimate of drug-likeness (QED) is 0.127. The number of nitrogen functional groups attached to an aromatic ring is 1. The second-order valence-electron chi connectivity index (χ2n) is 6.07. The first-order chi connectivity index (χ1) is 11.4. The fraction of sp³-hybridized carbons (Fsp3) is 0.467. The van der Waals surface area contributed by atoms with Crippen molar-refractivity contribution in [2.45, 2.75) is 26.4 Å². The molecule has 24 heavy (non-hydrogen) atoms. The second-order valence-corrected chi connectivity index (χ2v) is 7.83. The standard InChI is InChI=1S/C15H21IN4O3S/c1-15(2,14(18-3)19-22-9-21)7-11-8-20(24-16)12-6-10(17)4-5-13(12)23-11/h4-6,9,11H,7-8,17H2,1-3H3,(H,18,19). The summed E-state index contributed by atoms with van der Waals surface area (Å²) in [6.07, 6.45) is 0.667. The Balaban J connectivity index is 2.16. The van der Waals surface area contributed by atoms with Crippen LogP contribution >= 0.6 is 30.3 Å². The number of nitrogens with one attached hydrogen (secondary N) is 1. The number of aliphatic imine (C=N–C) groups is 1. The molecule has 3 N–H and O–H groups in total. The second kappa shape index (κ2) is 8.15. The third kappa shape index (κ3) is 4.38. The molecule has 0 amide bonds. The maximum absolute atomic E-state index is 10.4. The van der Waals surface area contributed by atoms with Gasteiger partial charge in [-0.05, 0) is 24.6 Å². The lowest BCUT2D eigenvalue weighted by Gasteiger charge is -2.37. The van der Waals surface area contributed by atoms with Crippen LogP contribution in [0.1, 0.15) is 20.3 Å². The number of ether oxygens (including phenoxy) is 1. The summed E-state index contributed by atoms with van der Waals surface area (Å²) in [5, 5.41) is 0. The van der Waals surface area contributed by atoms with Gasteiger partial charge in [-0.3, -0.25) is 9.79 Å². The van der Waals surface area contributed by atoms with Gasteiger partial charge in [-0.15, -0.1) is 0 Å². The molecular formula is C15H21IN4O3S. The average Bonchev–Trinajstić information content (AvgIpc) is 2.54. The Kier molecular flexibility index (Phi) is 6.44. The molecule has 9 heteroatoms. The molecule has 2 rings (SSSR count). The minimum Gasteiger partial charge on any atom is -0.486 e. The normalized spacial score (nSPS) is 17.8. The first-order valence-electron chi connectivity index (χ1n) is 7.36. The summed E-state index contributed by atoms with van der Waals surface area (Å²) in [5.41, 5.74) is 9.81. The lowest BCUT2D eigenvalue weighted by Crippen LogP contribution is -2.44. The SMILES string of the molecule is CN=C(NOC=O)C(C)(C)CC1CN(SI)c2cc(N)ccc2O1. The predicted octanol–water partition coefficient (Wildman–Crippen LogP) is 2.96. The van der Waals surface area contributed by atoms with Crippen LogP contribution in [0.5, 0.6) is 5.75 Å². The summed E-state index contributed by atoms with van der Waals surface area (Å²) in [4.78, 5) is 19.2. The van der Waals surface area contributed by atoms with Gasteiger partial charge >= 0.3 is 6.47 Å². The monoisotopic (exact) mass is 464 g/mol. The molecule has 0 bridgehead atoms. The Morgan fingerprint density at radius 1 is 1.67 bits per heavy atom. The van der Waals surface area contributed by atoms with E-state index in [0.717, 1.165) is 18.0 Å². The fourth-order valence-electron chi connectivity index (χ4n) is 2.73. The van der Waals surface area contributed by atoms with Crippen molar-refractivity contribution in [1.82, 2.24) is 5.48 Å². The van der Waals surface area contributed by atoms with Gasteiger partial charge < -0.3 is 19.6 Å². The Morgan fingerprint density at radius 3 is 3.04 bits per heavy atom. The molecule has 1 atom stereocenters. The number of hydrogen-bond donors (Lipinski definition) is 2. The Hall–Kier alpha value is -1.36. The molecule has 0 radical (unpaired) electrons. The topological polar surface area (TPSA) is 89.2 Å². The van der Waals surface area contributed by atoms with E-state index >= 15 is 0 Å². The zero-order valence-corrected chi connectivity index (χ0v) is 16.8. The highest BCUT2D eigenvalue weighted by atomic mass is 127. The molecule has 132 valence electrons. The summed E-state index contributed by atoms with van der Waals surface area (Å²) >= 11 is 2.25. The number of benzene rings is 1. The van der Waals surface area contributed by atoms with Crippen LogP contribution in [0.2, 0.25) is 0 Å². The third-order valence-electron chi connectivity index (χ3n) is 3.80. The van der Waals surface area contributed by atoms with E-state index in [1.807, 2.05) is 32.0 Å². The van der Waals surface area contributed by atoms with Gasteiger partial charge in [0.25, 0.3) is 0 Å². The summed E-state index contributed by atoms with van der Waals surface area (Å²) in [5.74, 6) is 1.41. The number of nitrogens with two attached hydrogens (primary N) is 1. The van der Waals surface area contributed by atoms with E-state index in [1.54, 1.807) is 16.2 Å². The molecule has 1 aliphatic rings. The number of hydroxylamine groups is 1. The van der Waals surface area contributed by atoms with E-state index < -0.39 is 0 Å². The van der Waals surface area contributed by atoms with Crippen molar-refractivity contribution in [2.24, 2.45) is 10.4 Å². The molecule has 1 aliphatic heterocycles. The molecule has 1 aromatic rings. The summed E-state index contributed by atoms with van der Waals surface area (Å²) < 4.78 is 8.31. The van der Waals surface area contributed by atoms with Crippen molar-refractivity contribution in [3.63, 3.8) is 0 Å². The van der Waals surface area contributed by atoms with Gasteiger partial charge in [0, 0.05) is 48.5 Å². The minimum atomic E-state index is -0.352. The lowest BCUT2D eigenvalue weighted by atomic mass is 9.85. The van der Waals surface area contributed by atoms with Crippen molar-refractivity contribution < 1.29 is 14.4 Å². The first-order valence-corrected chi connectivity index (χ1v) is 10.7. The number of carbonyl (C=O) groups is 1. The highest BCUT2D eigenvalue weighted by Crippen LogP contribution is 2.42. The molecule has 0 aliphatic carbocycles. The van der Waals surface area contributed by atoms with Crippen LogP contribution in [0, 0.1) is 5.41 Å². The zero-order valence-electron chi connectivity index (χ0n) is 13.8. The molecule has 0 saturated heterocycles. The average molecular weight is 464 g/mol. The van der Waals surface area contributed by atoms with Gasteiger partial charge in [-0.2, -0.15) is 0 Å². The van der Waals surface area contributed by atoms with Gasteiger partial charge in [0.1, 0.15) is 17.7 Å². The maximum Gasteiger partial charge on any atom is 0.320 e. The van der Waals surface area contributed by atoms with Crippen LogP contribution in [0.4, 0.5) is 11.4 Å². The van der Waals surface area contributed by atoms with Crippen LogP contribution in [-0.4, -0.2) is 32.0 Å². The molecule has 0 aromatic heterocycles. The minimum absolute atomic E-state index is 0.0341. The van der Waals surface area contributed by atoms with Crippen LogP contribution in [0.25, 0.3) is 0 Å². The number of hydrogen-bond acceptors (Lipinski definition) is 7. The van der Waals surface area contributed by atoms with E-state index in [0.29, 0.717) is 24.4 Å². The van der Waals surface area contributed by atoms with Crippen molar-refractivity contribution in [2.75, 3.05) is 23.6 Å². The molecular weight excluding hydrogens is 443 g/mol. The predicted molar refractivity (Wildman–Crippen MR) is 106 cm³/mol. The highest BCUT2D eigenvalue weighted by Gasteiger charge is 2.34. The molecule has 0 spiro atoms. The zero-order chi connectivity index (χ0) is 17.7.